The Balaban J connectivity index is 1.21. The molecule has 0 aromatic carbocycles. The quantitative estimate of drug-likeness (QED) is 0.0306. The molecule has 9 fully saturated rings. The Hall–Kier alpha value is -4.78. The van der Waals surface area contributed by atoms with Gasteiger partial charge in [0.2, 0.25) is 35.4 Å². The van der Waals surface area contributed by atoms with Crippen molar-refractivity contribution in [2.24, 2.45) is 0 Å². The number of ether oxygens (including phenoxy) is 17. The molecule has 9 saturated heterocycles. The average Bonchev–Trinajstić information content (AvgIpc) is 0.751. The highest BCUT2D eigenvalue weighted by Gasteiger charge is 2.62. The van der Waals surface area contributed by atoms with Crippen LogP contribution in [-0.2, 0) is 109 Å². The van der Waals surface area contributed by atoms with E-state index in [-0.39, 0.29) is 0 Å². The van der Waals surface area contributed by atoms with Crippen molar-refractivity contribution in [3.63, 3.8) is 0 Å². The zero-order valence-corrected chi connectivity index (χ0v) is 64.0. The van der Waals surface area contributed by atoms with E-state index >= 15 is 0 Å². The number of carbonyl (C=O) groups excluding carboxylic acids is 6. The van der Waals surface area contributed by atoms with E-state index in [9.17, 15) is 146 Å². The predicted octanol–water partition coefficient (Wildman–Crippen LogP) is -19.8. The van der Waals surface area contributed by atoms with Crippen molar-refractivity contribution in [3.05, 3.63) is 0 Å². The molecule has 0 saturated carbocycles. The van der Waals surface area contributed by atoms with Gasteiger partial charge in [-0.3, -0.25) is 28.8 Å². The van der Waals surface area contributed by atoms with Crippen LogP contribution in [0.25, 0.3) is 0 Å². The summed E-state index contributed by atoms with van der Waals surface area (Å²) in [4.78, 5) is 76.9. The zero-order chi connectivity index (χ0) is 87.1. The molecule has 9 aliphatic rings. The molecule has 0 aromatic heterocycles. The van der Waals surface area contributed by atoms with Gasteiger partial charge in [0.1, 0.15) is 219 Å². The van der Waals surface area contributed by atoms with Crippen molar-refractivity contribution >= 4 is 35.4 Å². The summed E-state index contributed by atoms with van der Waals surface area (Å²) < 4.78 is 105. The third-order valence-corrected chi connectivity index (χ3v) is 21.2. The molecular weight excluding hydrogens is 1610 g/mol. The molecule has 9 heterocycles. The lowest BCUT2D eigenvalue weighted by atomic mass is 9.93. The van der Waals surface area contributed by atoms with Crippen LogP contribution in [0.3, 0.4) is 0 Å². The van der Waals surface area contributed by atoms with Gasteiger partial charge in [-0.2, -0.15) is 0 Å². The first-order valence-corrected chi connectivity index (χ1v) is 37.6. The van der Waals surface area contributed by atoms with E-state index in [1.807, 2.05) is 0 Å². The van der Waals surface area contributed by atoms with E-state index in [4.69, 9.17) is 80.5 Å². The number of nitrogens with one attached hydrogen (secondary N) is 6. The Morgan fingerprint density at radius 1 is 0.220 bits per heavy atom. The number of amides is 6. The average molecular weight is 1720 g/mol. The molecule has 0 radical (unpaired) electrons. The van der Waals surface area contributed by atoms with E-state index in [0.717, 1.165) is 41.5 Å². The lowest BCUT2D eigenvalue weighted by molar-refractivity contribution is -0.408. The van der Waals surface area contributed by atoms with Crippen molar-refractivity contribution in [3.8, 4) is 0 Å². The molecule has 52 heteroatoms. The minimum absolute atomic E-state index is 0.812. The van der Waals surface area contributed by atoms with Crippen LogP contribution in [-0.4, -0.2) is 488 Å². The number of hydrogen-bond donors (Lipinski definition) is 29. The van der Waals surface area contributed by atoms with Gasteiger partial charge in [-0.25, -0.2) is 0 Å². The van der Waals surface area contributed by atoms with Crippen LogP contribution >= 0.6 is 0 Å². The third-order valence-electron chi connectivity index (χ3n) is 21.2. The van der Waals surface area contributed by atoms with E-state index in [2.05, 4.69) is 31.9 Å². The Morgan fingerprint density at radius 3 is 0.805 bits per heavy atom. The third kappa shape index (κ3) is 21.9. The highest BCUT2D eigenvalue weighted by molar-refractivity contribution is 5.75. The van der Waals surface area contributed by atoms with Crippen LogP contribution in [0.2, 0.25) is 0 Å². The Kier molecular flexibility index (Phi) is 35.1. The van der Waals surface area contributed by atoms with Gasteiger partial charge >= 0.3 is 0 Å². The number of carbonyl (C=O) groups is 6. The summed E-state index contributed by atoms with van der Waals surface area (Å²) in [6.07, 6.45) is -84.4. The first-order chi connectivity index (χ1) is 55.8. The molecule has 52 nitrogen and oxygen atoms in total. The summed E-state index contributed by atoms with van der Waals surface area (Å²) in [5.74, 6) is -5.52. The van der Waals surface area contributed by atoms with Gasteiger partial charge < -0.3 is 230 Å². The van der Waals surface area contributed by atoms with Gasteiger partial charge in [-0.1, -0.05) is 0 Å². The molecule has 6 amide bonds. The number of aliphatic hydroxyl groups is 23. The van der Waals surface area contributed by atoms with E-state index in [1.165, 1.54) is 0 Å². The molecule has 680 valence electrons. The molecule has 45 atom stereocenters. The molecule has 9 aliphatic heterocycles. The first kappa shape index (κ1) is 97.0. The first-order valence-electron chi connectivity index (χ1n) is 37.6. The van der Waals surface area contributed by atoms with Crippen LogP contribution in [0.5, 0.6) is 0 Å². The van der Waals surface area contributed by atoms with Gasteiger partial charge in [-0.15, -0.1) is 0 Å². The normalized spacial score (nSPS) is 46.9. The van der Waals surface area contributed by atoms with E-state index < -0.39 is 371 Å². The van der Waals surface area contributed by atoms with Crippen molar-refractivity contribution in [1.82, 2.24) is 31.9 Å². The maximum atomic E-state index is 13.3. The predicted molar refractivity (Wildman–Crippen MR) is 367 cm³/mol. The SMILES string of the molecule is CC(=O)N[C@H]1[C@H](O[C@H]2[C@H](O)[C@@H](NC(C)=O)C(O)O[C@@H]2CO)O[C@H](CO)[C@@H](O[C@@H]2O[C@H](CO[C@H]3O[C@H](CO)[C@@H](O[C@@H]4O[C@H](CO)[C@@H](O)[C@H](O)[C@H]4NC(C)=O)[C@H](O)[C@@H]3O[C@@H]3O[C@H](CO)[C@@H](O)[C@H](O)[C@H]3NC(C)=O)[C@@H](O[C@@H]3O[C@H](CO)[C@@H](O)[C@H](O)[C@H]3NC(C)=O)[C@H](O[C@H]3O[C@H](CO)[C@@H](O)[C@H](O)[C@@H]3O[C@@H]3O[C@H](CO)[C@@H](O)[C@H](O)[C@H]3NC(C)=O)[C@@H]2O)[C@@H]1O. The molecular formula is C66H110N6O46. The summed E-state index contributed by atoms with van der Waals surface area (Å²) in [5, 5.41) is 274. The fourth-order valence-electron chi connectivity index (χ4n) is 15.3. The van der Waals surface area contributed by atoms with E-state index in [0.29, 0.717) is 0 Å². The smallest absolute Gasteiger partial charge is 0.217 e. The second kappa shape index (κ2) is 42.7. The van der Waals surface area contributed by atoms with Gasteiger partial charge in [-0.05, 0) is 0 Å². The second-order valence-electron chi connectivity index (χ2n) is 29.6. The summed E-state index contributed by atoms with van der Waals surface area (Å²) in [6, 6.07) is -11.3. The van der Waals surface area contributed by atoms with Gasteiger partial charge in [0.05, 0.1) is 59.5 Å². The lowest BCUT2D eigenvalue weighted by Crippen LogP contribution is -2.71. The van der Waals surface area contributed by atoms with Gasteiger partial charge in [0.15, 0.2) is 56.6 Å². The van der Waals surface area contributed by atoms with Crippen LogP contribution in [0.15, 0.2) is 0 Å². The van der Waals surface area contributed by atoms with Crippen molar-refractivity contribution in [2.75, 3.05) is 59.5 Å². The van der Waals surface area contributed by atoms with Crippen molar-refractivity contribution < 1.29 is 227 Å². The van der Waals surface area contributed by atoms with Crippen molar-refractivity contribution in [2.45, 2.75) is 318 Å². The number of hydrogen-bond acceptors (Lipinski definition) is 46. The second-order valence-corrected chi connectivity index (χ2v) is 29.6. The van der Waals surface area contributed by atoms with Crippen LogP contribution in [0.1, 0.15) is 41.5 Å². The maximum absolute atomic E-state index is 13.3. The molecule has 0 aliphatic carbocycles. The highest BCUT2D eigenvalue weighted by atomic mass is 16.8. The lowest BCUT2D eigenvalue weighted by Gasteiger charge is -2.52. The van der Waals surface area contributed by atoms with Gasteiger partial charge in [0, 0.05) is 41.5 Å². The molecule has 1 unspecified atom stereocenters. The Morgan fingerprint density at radius 2 is 0.458 bits per heavy atom. The van der Waals surface area contributed by atoms with E-state index in [1.54, 1.807) is 0 Å². The maximum Gasteiger partial charge on any atom is 0.217 e. The minimum Gasteiger partial charge on any atom is -0.394 e. The van der Waals surface area contributed by atoms with Crippen molar-refractivity contribution in [1.29, 1.82) is 0 Å². The number of rotatable bonds is 31. The van der Waals surface area contributed by atoms with Gasteiger partial charge in [0.25, 0.3) is 0 Å². The zero-order valence-electron chi connectivity index (χ0n) is 64.0. The number of aliphatic hydroxyl groups excluding tert-OH is 23. The monoisotopic (exact) mass is 1720 g/mol. The molecule has 9 rings (SSSR count). The summed E-state index contributed by atoms with van der Waals surface area (Å²) in [6.45, 7) is -4.80. The molecule has 29 N–H and O–H groups in total. The van der Waals surface area contributed by atoms with Crippen LogP contribution in [0, 0.1) is 0 Å². The fourth-order valence-corrected chi connectivity index (χ4v) is 15.3. The highest BCUT2D eigenvalue weighted by Crippen LogP contribution is 2.41. The molecule has 0 bridgehead atoms. The summed E-state index contributed by atoms with van der Waals surface area (Å²) in [5.41, 5.74) is 0. The molecule has 0 spiro atoms. The molecule has 0 aromatic rings. The fraction of sp³-hybridized carbons (Fsp3) is 0.909. The molecule has 118 heavy (non-hydrogen) atoms. The standard InChI is InChI=1S/C66H110N6O46/c1-16(81)67-31-46(96)51(27(12-78)103-58(31)101)112-63-36(72-21(6)86)47(97)52(28(13-79)109-63)114-64-50(100)55(116-66-56(48(98)41(91)26(11-77)108-66)117-61-34(70-19(4)84)44(94)39(89)24(9-75)106-61)54(115-60-33(69-18(3)83)43(93)38(88)23(8-74)105-60)30(111-64)15-102-65-57(118-62-35(71-20(5)85)45(95)40(90)25(10-76)107-62)49(99)53(29(14-80)110-65)113-59-32(68-17(2)82)42(92)37(87)22(7-73)104-59/h22-66,73-80,87-101H,7-15H2,1-6H3,(H,67,81)(H,68,82)(H,69,83)(H,70,84)(H,71,85)(H,72,86)/t22-,23-,24-,25-,26-,27-,28-,29-,30-,31-,32-,33-,34-,35-,36-,37-,38-,39-,40-,41-,42-,43-,44-,45-,46-,47-,48+,49+,50+,51-,52-,53-,54-,55-,56+,57+,58?,59+,60+,61+,62+,63+,64+,65+,66-/m1/s1. The topological polar surface area (TPSA) is 797 Å². The minimum atomic E-state index is -2.73. The largest absolute Gasteiger partial charge is 0.394 e. The summed E-state index contributed by atoms with van der Waals surface area (Å²) in [7, 11) is 0. The Labute approximate surface area is 669 Å². The van der Waals surface area contributed by atoms with Crippen LogP contribution in [0.4, 0.5) is 0 Å². The van der Waals surface area contributed by atoms with Crippen LogP contribution < -0.4 is 31.9 Å². The summed E-state index contributed by atoms with van der Waals surface area (Å²) >= 11 is 0. The Bertz CT molecular complexity index is 3230.